The van der Waals surface area contributed by atoms with E-state index in [9.17, 15) is 13.2 Å². The summed E-state index contributed by atoms with van der Waals surface area (Å²) in [5.74, 6) is 5.09. The molecule has 0 amide bonds. The molecule has 0 aliphatic carbocycles. The minimum Gasteiger partial charge on any atom is -0.339 e. The minimum atomic E-state index is -4.49. The second kappa shape index (κ2) is 6.24. The molecule has 21 heavy (non-hydrogen) atoms. The predicted molar refractivity (Wildman–Crippen MR) is 84.5 cm³/mol. The Balaban J connectivity index is 2.39. The van der Waals surface area contributed by atoms with Crippen LogP contribution >= 0.6 is 34.2 Å². The molecule has 2 rings (SSSR count). The Morgan fingerprint density at radius 1 is 1.14 bits per heavy atom. The number of aromatic nitrogens is 1. The first-order valence-electron chi connectivity index (χ1n) is 5.57. The monoisotopic (exact) mass is 428 g/mol. The maximum atomic E-state index is 12.8. The molecule has 9 heteroatoms. The van der Waals surface area contributed by atoms with Crippen molar-refractivity contribution in [1.82, 2.24) is 4.98 Å². The third kappa shape index (κ3) is 4.11. The molecule has 0 radical (unpaired) electrons. The number of halogens is 5. The van der Waals surface area contributed by atoms with Crippen molar-refractivity contribution in [3.8, 4) is 0 Å². The van der Waals surface area contributed by atoms with Crippen molar-refractivity contribution in [1.29, 1.82) is 0 Å². The maximum Gasteiger partial charge on any atom is 0.416 e. The van der Waals surface area contributed by atoms with Gasteiger partial charge in [-0.1, -0.05) is 11.6 Å². The van der Waals surface area contributed by atoms with Crippen LogP contribution < -0.4 is 16.6 Å². The summed E-state index contributed by atoms with van der Waals surface area (Å²) in [6.07, 6.45) is -4.49. The zero-order chi connectivity index (χ0) is 15.6. The Morgan fingerprint density at radius 3 is 2.38 bits per heavy atom. The summed E-state index contributed by atoms with van der Waals surface area (Å²) < 4.78 is 39.2. The van der Waals surface area contributed by atoms with Gasteiger partial charge in [0.25, 0.3) is 0 Å². The molecule has 0 aliphatic rings. The molecule has 0 bridgehead atoms. The molecule has 0 unspecified atom stereocenters. The molecule has 0 fully saturated rings. The Labute approximate surface area is 137 Å². The van der Waals surface area contributed by atoms with Crippen LogP contribution in [0.3, 0.4) is 0 Å². The van der Waals surface area contributed by atoms with E-state index in [4.69, 9.17) is 17.4 Å². The van der Waals surface area contributed by atoms with Crippen LogP contribution in [0.25, 0.3) is 0 Å². The summed E-state index contributed by atoms with van der Waals surface area (Å²) in [5.41, 5.74) is 1.86. The van der Waals surface area contributed by atoms with Gasteiger partial charge < -0.3 is 10.7 Å². The number of alkyl halides is 3. The van der Waals surface area contributed by atoms with Crippen LogP contribution in [0, 0.1) is 3.57 Å². The number of hydrazine groups is 1. The number of hydrogen-bond donors (Lipinski definition) is 3. The standard InChI is InChI=1S/C12H9ClF3IN4/c13-7-1-2-9(8(17)5-7)19-10-3-6(12(14,15)16)4-11(20-10)21-18/h1-5H,18H2,(H2,19,20,21). The highest BCUT2D eigenvalue weighted by Gasteiger charge is 2.31. The SMILES string of the molecule is NNc1cc(C(F)(F)F)cc(Nc2ccc(Cl)cc2I)n1. The topological polar surface area (TPSA) is 63.0 Å². The van der Waals surface area contributed by atoms with Gasteiger partial charge in [-0.15, -0.1) is 0 Å². The number of rotatable bonds is 3. The third-order valence-electron chi connectivity index (χ3n) is 2.49. The molecule has 112 valence electrons. The largest absolute Gasteiger partial charge is 0.416 e. The van der Waals surface area contributed by atoms with Crippen LogP contribution in [0.15, 0.2) is 30.3 Å². The van der Waals surface area contributed by atoms with Crippen LogP contribution in [0.5, 0.6) is 0 Å². The van der Waals surface area contributed by atoms with E-state index in [1.165, 1.54) is 0 Å². The highest BCUT2D eigenvalue weighted by atomic mass is 127. The fraction of sp³-hybridized carbons (Fsp3) is 0.0833. The number of nitrogens with one attached hydrogen (secondary N) is 2. The van der Waals surface area contributed by atoms with E-state index in [1.54, 1.807) is 18.2 Å². The zero-order valence-electron chi connectivity index (χ0n) is 10.3. The van der Waals surface area contributed by atoms with Crippen molar-refractivity contribution in [3.05, 3.63) is 44.5 Å². The first-order chi connectivity index (χ1) is 9.79. The number of hydrogen-bond acceptors (Lipinski definition) is 4. The maximum absolute atomic E-state index is 12.8. The zero-order valence-corrected chi connectivity index (χ0v) is 13.2. The van der Waals surface area contributed by atoms with Gasteiger partial charge >= 0.3 is 6.18 Å². The fourth-order valence-corrected chi connectivity index (χ4v) is 2.57. The highest BCUT2D eigenvalue weighted by molar-refractivity contribution is 14.1. The number of nitrogens with two attached hydrogens (primary N) is 1. The number of benzene rings is 1. The van der Waals surface area contributed by atoms with E-state index in [0.717, 1.165) is 15.7 Å². The van der Waals surface area contributed by atoms with Gasteiger partial charge in [0.2, 0.25) is 0 Å². The second-order valence-electron chi connectivity index (χ2n) is 4.02. The minimum absolute atomic E-state index is 0.0259. The summed E-state index contributed by atoms with van der Waals surface area (Å²) in [5, 5.41) is 3.35. The van der Waals surface area contributed by atoms with Crippen molar-refractivity contribution in [2.45, 2.75) is 6.18 Å². The first kappa shape index (κ1) is 16.1. The average molecular weight is 429 g/mol. The van der Waals surface area contributed by atoms with Crippen LogP contribution in [0.4, 0.5) is 30.5 Å². The van der Waals surface area contributed by atoms with Gasteiger partial charge in [0.05, 0.1) is 11.3 Å². The van der Waals surface area contributed by atoms with Crippen LogP contribution in [0.2, 0.25) is 5.02 Å². The highest BCUT2D eigenvalue weighted by Crippen LogP contribution is 2.33. The van der Waals surface area contributed by atoms with Crippen LogP contribution in [-0.4, -0.2) is 4.98 Å². The molecule has 0 spiro atoms. The number of anilines is 3. The lowest BCUT2D eigenvalue weighted by Gasteiger charge is -2.13. The van der Waals surface area contributed by atoms with Crippen molar-refractivity contribution in [3.63, 3.8) is 0 Å². The van der Waals surface area contributed by atoms with E-state index in [0.29, 0.717) is 10.7 Å². The smallest absolute Gasteiger partial charge is 0.339 e. The van der Waals surface area contributed by atoms with Crippen molar-refractivity contribution >= 4 is 51.5 Å². The lowest BCUT2D eigenvalue weighted by atomic mass is 10.2. The lowest BCUT2D eigenvalue weighted by molar-refractivity contribution is -0.137. The van der Waals surface area contributed by atoms with Gasteiger partial charge in [0.15, 0.2) is 0 Å². The van der Waals surface area contributed by atoms with Crippen LogP contribution in [-0.2, 0) is 6.18 Å². The molecule has 1 aromatic heterocycles. The Hall–Kier alpha value is -1.26. The molecule has 4 nitrogen and oxygen atoms in total. The van der Waals surface area contributed by atoms with Gasteiger partial charge in [-0.2, -0.15) is 13.2 Å². The van der Waals surface area contributed by atoms with Crippen molar-refractivity contribution in [2.24, 2.45) is 5.84 Å². The van der Waals surface area contributed by atoms with Crippen molar-refractivity contribution < 1.29 is 13.2 Å². The van der Waals surface area contributed by atoms with Gasteiger partial charge in [-0.3, -0.25) is 0 Å². The molecule has 1 aromatic carbocycles. The summed E-state index contributed by atoms with van der Waals surface area (Å²) in [6.45, 7) is 0. The van der Waals surface area contributed by atoms with E-state index < -0.39 is 11.7 Å². The van der Waals surface area contributed by atoms with Gasteiger partial charge in [-0.05, 0) is 52.9 Å². The van der Waals surface area contributed by atoms with Gasteiger partial charge in [0.1, 0.15) is 11.6 Å². The van der Waals surface area contributed by atoms with E-state index in [2.05, 4.69) is 15.7 Å². The first-order valence-corrected chi connectivity index (χ1v) is 7.03. The Bertz CT molecular complexity index is 663. The second-order valence-corrected chi connectivity index (χ2v) is 5.62. The third-order valence-corrected chi connectivity index (χ3v) is 3.62. The summed E-state index contributed by atoms with van der Waals surface area (Å²) in [6, 6.07) is 6.70. The summed E-state index contributed by atoms with van der Waals surface area (Å²) in [7, 11) is 0. The molecule has 0 aliphatic heterocycles. The molecular formula is C12H9ClF3IN4. The predicted octanol–water partition coefficient (Wildman–Crippen LogP) is 4.39. The molecule has 4 N–H and O–H groups in total. The molecule has 0 atom stereocenters. The fourth-order valence-electron chi connectivity index (χ4n) is 1.56. The average Bonchev–Trinajstić information content (AvgIpc) is 2.40. The van der Waals surface area contributed by atoms with E-state index >= 15 is 0 Å². The van der Waals surface area contributed by atoms with E-state index in [-0.39, 0.29) is 11.6 Å². The Kier molecular flexibility index (Phi) is 4.79. The quantitative estimate of drug-likeness (QED) is 0.386. The number of nitrogen functional groups attached to an aromatic ring is 1. The van der Waals surface area contributed by atoms with Crippen molar-refractivity contribution in [2.75, 3.05) is 10.7 Å². The lowest BCUT2D eigenvalue weighted by Crippen LogP contribution is -2.13. The summed E-state index contributed by atoms with van der Waals surface area (Å²) >= 11 is 7.85. The Morgan fingerprint density at radius 2 is 1.81 bits per heavy atom. The molecule has 2 aromatic rings. The number of nitrogens with zero attached hydrogens (tertiary/aromatic N) is 1. The van der Waals surface area contributed by atoms with Gasteiger partial charge in [-0.25, -0.2) is 10.8 Å². The molecule has 0 saturated carbocycles. The molecular weight excluding hydrogens is 420 g/mol. The van der Waals surface area contributed by atoms with Crippen LogP contribution in [0.1, 0.15) is 5.56 Å². The molecule has 0 saturated heterocycles. The summed E-state index contributed by atoms with van der Waals surface area (Å²) in [4.78, 5) is 3.94. The molecule has 1 heterocycles. The number of pyridine rings is 1. The normalized spacial score (nSPS) is 11.3. The van der Waals surface area contributed by atoms with E-state index in [1.807, 2.05) is 22.6 Å². The van der Waals surface area contributed by atoms with Gasteiger partial charge in [0, 0.05) is 8.59 Å².